The van der Waals surface area contributed by atoms with Crippen LogP contribution in [0.5, 0.6) is 0 Å². The van der Waals surface area contributed by atoms with E-state index in [1.165, 1.54) is 28.6 Å². The average Bonchev–Trinajstić information content (AvgIpc) is 3.30. The second-order valence-corrected chi connectivity index (χ2v) is 14.4. The Bertz CT molecular complexity index is 1360. The van der Waals surface area contributed by atoms with Crippen LogP contribution in [0.4, 0.5) is 0 Å². The van der Waals surface area contributed by atoms with Crippen LogP contribution in [0.2, 0.25) is 0 Å². The molecule has 1 N–H and O–H groups in total. The van der Waals surface area contributed by atoms with E-state index in [-0.39, 0.29) is 21.8 Å². The number of piperidine rings is 1. The van der Waals surface area contributed by atoms with Crippen LogP contribution < -0.4 is 4.72 Å². The Morgan fingerprint density at radius 1 is 0.886 bits per heavy atom. The van der Waals surface area contributed by atoms with E-state index in [9.17, 15) is 16.8 Å². The van der Waals surface area contributed by atoms with Crippen molar-refractivity contribution >= 4 is 41.6 Å². The summed E-state index contributed by atoms with van der Waals surface area (Å²) in [5.74, 6) is 0.545. The first kappa shape index (κ1) is 24.8. The van der Waals surface area contributed by atoms with Gasteiger partial charge in [0.15, 0.2) is 0 Å². The molecular formula is C25H31N3O4S3. The topological polar surface area (TPSA) is 96.4 Å². The summed E-state index contributed by atoms with van der Waals surface area (Å²) in [5.41, 5.74) is 0.991. The summed E-state index contributed by atoms with van der Waals surface area (Å²) < 4.78 is 57.7. The number of hydrogen-bond acceptors (Lipinski definition) is 6. The highest BCUT2D eigenvalue weighted by molar-refractivity contribution is 7.89. The van der Waals surface area contributed by atoms with E-state index in [0.29, 0.717) is 19.0 Å². The predicted molar refractivity (Wildman–Crippen MR) is 139 cm³/mol. The van der Waals surface area contributed by atoms with Gasteiger partial charge in [0.2, 0.25) is 20.0 Å². The Hall–Kier alpha value is -1.85. The Morgan fingerprint density at radius 3 is 2.23 bits per heavy atom. The zero-order valence-corrected chi connectivity index (χ0v) is 22.2. The molecule has 0 spiro atoms. The number of rotatable bonds is 6. The van der Waals surface area contributed by atoms with E-state index in [1.807, 2.05) is 18.2 Å². The van der Waals surface area contributed by atoms with E-state index in [4.69, 9.17) is 4.98 Å². The van der Waals surface area contributed by atoms with Crippen molar-refractivity contribution < 1.29 is 16.8 Å². The molecule has 188 valence electrons. The lowest BCUT2D eigenvalue weighted by Crippen LogP contribution is -2.41. The lowest BCUT2D eigenvalue weighted by Gasteiger charge is -2.30. The molecule has 1 saturated heterocycles. The van der Waals surface area contributed by atoms with Crippen LogP contribution in [0.15, 0.2) is 58.3 Å². The van der Waals surface area contributed by atoms with Crippen molar-refractivity contribution in [1.29, 1.82) is 0 Å². The molecule has 1 aliphatic carbocycles. The largest absolute Gasteiger partial charge is 0.243 e. The molecule has 7 nitrogen and oxygen atoms in total. The lowest BCUT2D eigenvalue weighted by molar-refractivity contribution is 0.310. The van der Waals surface area contributed by atoms with Crippen LogP contribution in [0, 0.1) is 5.92 Å². The van der Waals surface area contributed by atoms with Crippen LogP contribution >= 0.6 is 11.3 Å². The molecule has 2 aliphatic rings. The number of para-hydroxylation sites is 1. The van der Waals surface area contributed by atoms with Gasteiger partial charge in [0, 0.05) is 25.0 Å². The van der Waals surface area contributed by atoms with Gasteiger partial charge in [-0.25, -0.2) is 26.5 Å². The maximum absolute atomic E-state index is 13.2. The first-order valence-corrected chi connectivity index (χ1v) is 16.0. The van der Waals surface area contributed by atoms with Crippen molar-refractivity contribution in [3.63, 3.8) is 0 Å². The molecule has 0 bridgehead atoms. The zero-order chi connectivity index (χ0) is 24.6. The molecule has 2 atom stereocenters. The van der Waals surface area contributed by atoms with Gasteiger partial charge in [-0.1, -0.05) is 31.9 Å². The molecule has 0 radical (unpaired) electrons. The Morgan fingerprint density at radius 2 is 1.54 bits per heavy atom. The summed E-state index contributed by atoms with van der Waals surface area (Å²) in [6.45, 7) is 2.91. The number of hydrogen-bond donors (Lipinski definition) is 1. The van der Waals surface area contributed by atoms with Crippen LogP contribution in [0.3, 0.4) is 0 Å². The minimum absolute atomic E-state index is 0.0751. The summed E-state index contributed by atoms with van der Waals surface area (Å²) in [4.78, 5) is 4.98. The third-order valence-corrected chi connectivity index (χ3v) is 11.9. The molecular weight excluding hydrogens is 502 g/mol. The summed E-state index contributed by atoms with van der Waals surface area (Å²) in [6, 6.07) is 13.6. The molecule has 0 unspecified atom stereocenters. The van der Waals surface area contributed by atoms with Gasteiger partial charge in [0.1, 0.15) is 0 Å². The Kier molecular flexibility index (Phi) is 7.02. The summed E-state index contributed by atoms with van der Waals surface area (Å²) in [7, 11) is -7.38. The first-order chi connectivity index (χ1) is 16.7. The number of thiazole rings is 1. The molecule has 2 aromatic carbocycles. The highest BCUT2D eigenvalue weighted by Crippen LogP contribution is 2.35. The monoisotopic (exact) mass is 533 g/mol. The maximum Gasteiger partial charge on any atom is 0.243 e. The smallest absolute Gasteiger partial charge is 0.241 e. The normalized spacial score (nSPS) is 23.0. The minimum atomic E-state index is -3.69. The quantitative estimate of drug-likeness (QED) is 0.495. The van der Waals surface area contributed by atoms with Crippen molar-refractivity contribution in [2.75, 3.05) is 13.1 Å². The van der Waals surface area contributed by atoms with Gasteiger partial charge in [0.25, 0.3) is 0 Å². The molecule has 2 heterocycles. The summed E-state index contributed by atoms with van der Waals surface area (Å²) >= 11 is 1.68. The van der Waals surface area contributed by atoms with Gasteiger partial charge in [-0.15, -0.1) is 11.3 Å². The molecule has 1 saturated carbocycles. The van der Waals surface area contributed by atoms with Gasteiger partial charge >= 0.3 is 0 Å². The van der Waals surface area contributed by atoms with Crippen molar-refractivity contribution in [1.82, 2.24) is 14.0 Å². The van der Waals surface area contributed by atoms with Gasteiger partial charge in [0.05, 0.1) is 25.0 Å². The summed E-state index contributed by atoms with van der Waals surface area (Å²) in [6.07, 6.45) is 5.43. The van der Waals surface area contributed by atoms with E-state index in [2.05, 4.69) is 17.7 Å². The van der Waals surface area contributed by atoms with Crippen molar-refractivity contribution in [3.8, 4) is 0 Å². The van der Waals surface area contributed by atoms with E-state index < -0.39 is 20.0 Å². The fourth-order valence-electron chi connectivity index (χ4n) is 5.11. The van der Waals surface area contributed by atoms with Gasteiger partial charge in [-0.2, -0.15) is 4.31 Å². The number of aromatic nitrogens is 1. The molecule has 1 aliphatic heterocycles. The highest BCUT2D eigenvalue weighted by atomic mass is 32.2. The lowest BCUT2D eigenvalue weighted by atomic mass is 9.87. The van der Waals surface area contributed by atoms with Crippen molar-refractivity contribution in [2.24, 2.45) is 5.92 Å². The number of fused-ring (bicyclic) bond motifs is 1. The highest BCUT2D eigenvalue weighted by Gasteiger charge is 2.32. The van der Waals surface area contributed by atoms with Crippen LogP contribution in [-0.4, -0.2) is 45.3 Å². The first-order valence-electron chi connectivity index (χ1n) is 12.2. The van der Waals surface area contributed by atoms with Crippen molar-refractivity contribution in [2.45, 2.75) is 67.2 Å². The molecule has 10 heteroatoms. The average molecular weight is 534 g/mol. The zero-order valence-electron chi connectivity index (χ0n) is 19.8. The number of nitrogens with zero attached hydrogens (tertiary/aromatic N) is 2. The molecule has 1 aromatic heterocycles. The number of benzene rings is 2. The molecule has 2 fully saturated rings. The Labute approximate surface area is 211 Å². The van der Waals surface area contributed by atoms with E-state index in [1.54, 1.807) is 11.3 Å². The van der Waals surface area contributed by atoms with Crippen molar-refractivity contribution in [3.05, 3.63) is 53.5 Å². The fraction of sp³-hybridized carbons (Fsp3) is 0.480. The third kappa shape index (κ3) is 5.17. The van der Waals surface area contributed by atoms with Crippen LogP contribution in [0.25, 0.3) is 10.2 Å². The summed E-state index contributed by atoms with van der Waals surface area (Å²) in [5, 5.41) is 1.07. The van der Waals surface area contributed by atoms with Gasteiger partial charge < -0.3 is 0 Å². The molecule has 0 amide bonds. The third-order valence-electron chi connectivity index (χ3n) is 7.30. The van der Waals surface area contributed by atoms with Gasteiger partial charge in [-0.3, -0.25) is 0 Å². The second kappa shape index (κ2) is 9.89. The molecule has 5 rings (SSSR count). The SMILES string of the molecule is C[C@@H]1CCCC[C@H]1NS(=O)(=O)c1ccc(S(=O)(=O)N2CCC(c3nc4ccccc4s3)CC2)cc1. The minimum Gasteiger partial charge on any atom is -0.241 e. The standard InChI is InChI=1S/C25H31N3O4S3/c1-18-6-2-3-7-22(18)27-34(29,30)20-10-12-21(13-11-20)35(31,32)28-16-14-19(15-17-28)25-26-23-8-4-5-9-24(23)33-25/h4-5,8-13,18-19,22,27H,2-3,6-7,14-17H2,1H3/t18-,22-/m1/s1. The molecule has 3 aromatic rings. The van der Waals surface area contributed by atoms with E-state index in [0.717, 1.165) is 53.7 Å². The van der Waals surface area contributed by atoms with Crippen LogP contribution in [0.1, 0.15) is 56.4 Å². The number of nitrogens with one attached hydrogen (secondary N) is 1. The number of sulfonamides is 2. The second-order valence-electron chi connectivity index (χ2n) is 9.66. The molecule has 35 heavy (non-hydrogen) atoms. The van der Waals surface area contributed by atoms with E-state index >= 15 is 0 Å². The maximum atomic E-state index is 13.2. The van der Waals surface area contributed by atoms with Gasteiger partial charge in [-0.05, 0) is 68.0 Å². The Balaban J connectivity index is 1.25. The fourth-order valence-corrected chi connectivity index (χ4v) is 9.09. The predicted octanol–water partition coefficient (Wildman–Crippen LogP) is 4.72. The van der Waals surface area contributed by atoms with Crippen LogP contribution in [-0.2, 0) is 20.0 Å².